The van der Waals surface area contributed by atoms with E-state index in [0.717, 1.165) is 0 Å². The Morgan fingerprint density at radius 2 is 1.96 bits per heavy atom. The van der Waals surface area contributed by atoms with Crippen molar-refractivity contribution in [2.24, 2.45) is 0 Å². The molecule has 6 nitrogen and oxygen atoms in total. The van der Waals surface area contributed by atoms with Crippen LogP contribution in [0.25, 0.3) is 10.9 Å². The van der Waals surface area contributed by atoms with E-state index in [1.807, 2.05) is 0 Å². The summed E-state index contributed by atoms with van der Waals surface area (Å²) in [5.74, 6) is -1.10. The molecule has 2 rings (SSSR count). The highest BCUT2D eigenvalue weighted by atomic mass is 35.5. The summed E-state index contributed by atoms with van der Waals surface area (Å²) in [6.45, 7) is 7.68. The molecule has 26 heavy (non-hydrogen) atoms. The summed E-state index contributed by atoms with van der Waals surface area (Å²) in [4.78, 5) is 24.0. The van der Waals surface area contributed by atoms with E-state index in [4.69, 9.17) is 21.1 Å². The second-order valence-corrected chi connectivity index (χ2v) is 7.06. The fourth-order valence-electron chi connectivity index (χ4n) is 2.46. The topological polar surface area (TPSA) is 69.6 Å². The van der Waals surface area contributed by atoms with Gasteiger partial charge in [0.2, 0.25) is 0 Å². The lowest BCUT2D eigenvalue weighted by Gasteiger charge is -2.20. The summed E-state index contributed by atoms with van der Waals surface area (Å²) in [6.07, 6.45) is -0.560. The van der Waals surface area contributed by atoms with Gasteiger partial charge < -0.3 is 19.4 Å². The predicted octanol–water partition coefficient (Wildman–Crippen LogP) is 4.14. The molecule has 0 aliphatic rings. The fourth-order valence-corrected chi connectivity index (χ4v) is 2.61. The maximum Gasteiger partial charge on any atom is 0.407 e. The number of fused-ring (bicyclic) bond motifs is 1. The van der Waals surface area contributed by atoms with Crippen molar-refractivity contribution in [3.63, 3.8) is 0 Å². The lowest BCUT2D eigenvalue weighted by molar-refractivity contribution is 0.0514. The van der Waals surface area contributed by atoms with Crippen LogP contribution in [0.1, 0.15) is 38.2 Å². The standard InChI is InChI=1S/C18H22ClFN2O4/c1-5-25-16(23)15-9-11-8-13(20)12(19)10-14(11)22(15)7-6-21-17(24)26-18(2,3)4/h8-10H,5-7H2,1-4H3,(H,21,24). The van der Waals surface area contributed by atoms with Gasteiger partial charge in [-0.1, -0.05) is 11.6 Å². The van der Waals surface area contributed by atoms with E-state index in [1.54, 1.807) is 38.3 Å². The Balaban J connectivity index is 2.25. The van der Waals surface area contributed by atoms with Crippen LogP contribution in [0.5, 0.6) is 0 Å². The zero-order valence-corrected chi connectivity index (χ0v) is 15.9. The largest absolute Gasteiger partial charge is 0.461 e. The van der Waals surface area contributed by atoms with Crippen molar-refractivity contribution in [3.05, 3.63) is 34.7 Å². The fraction of sp³-hybridized carbons (Fsp3) is 0.444. The molecule has 2 aromatic rings. The first-order chi connectivity index (χ1) is 12.1. The minimum atomic E-state index is -0.606. The third-order valence-electron chi connectivity index (χ3n) is 3.43. The molecule has 1 N–H and O–H groups in total. The van der Waals surface area contributed by atoms with Crippen LogP contribution in [0.2, 0.25) is 5.02 Å². The molecule has 0 saturated heterocycles. The molecule has 1 amide bonds. The van der Waals surface area contributed by atoms with Crippen molar-refractivity contribution in [2.45, 2.75) is 39.8 Å². The normalized spacial score (nSPS) is 11.5. The molecule has 0 aliphatic carbocycles. The van der Waals surface area contributed by atoms with Gasteiger partial charge in [-0.2, -0.15) is 0 Å². The highest BCUT2D eigenvalue weighted by Gasteiger charge is 2.19. The maximum atomic E-state index is 13.7. The van der Waals surface area contributed by atoms with E-state index in [1.165, 1.54) is 12.1 Å². The van der Waals surface area contributed by atoms with E-state index >= 15 is 0 Å². The van der Waals surface area contributed by atoms with Crippen LogP contribution in [0, 0.1) is 5.82 Å². The molecule has 1 aromatic carbocycles. The number of carbonyl (C=O) groups excluding carboxylic acids is 2. The molecular formula is C18H22ClFN2O4. The Hall–Kier alpha value is -2.28. The molecule has 0 atom stereocenters. The Labute approximate surface area is 156 Å². The zero-order valence-electron chi connectivity index (χ0n) is 15.2. The second-order valence-electron chi connectivity index (χ2n) is 6.66. The molecule has 0 bridgehead atoms. The highest BCUT2D eigenvalue weighted by molar-refractivity contribution is 6.31. The number of hydrogen-bond donors (Lipinski definition) is 1. The van der Waals surface area contributed by atoms with Crippen LogP contribution in [0.15, 0.2) is 18.2 Å². The lowest BCUT2D eigenvalue weighted by atomic mass is 10.2. The number of esters is 1. The molecule has 142 valence electrons. The first-order valence-electron chi connectivity index (χ1n) is 8.24. The average molecular weight is 385 g/mol. The van der Waals surface area contributed by atoms with Crippen molar-refractivity contribution in [2.75, 3.05) is 13.2 Å². The maximum absolute atomic E-state index is 13.7. The van der Waals surface area contributed by atoms with Crippen LogP contribution < -0.4 is 5.32 Å². The van der Waals surface area contributed by atoms with Gasteiger partial charge in [-0.3, -0.25) is 0 Å². The summed E-state index contributed by atoms with van der Waals surface area (Å²) in [7, 11) is 0. The molecule has 8 heteroatoms. The number of alkyl carbamates (subject to hydrolysis) is 1. The highest BCUT2D eigenvalue weighted by Crippen LogP contribution is 2.26. The molecule has 0 spiro atoms. The summed E-state index contributed by atoms with van der Waals surface area (Å²) in [6, 6.07) is 4.25. The average Bonchev–Trinajstić information content (AvgIpc) is 2.84. The van der Waals surface area contributed by atoms with Crippen molar-refractivity contribution >= 4 is 34.6 Å². The Morgan fingerprint density at radius 3 is 2.58 bits per heavy atom. The third-order valence-corrected chi connectivity index (χ3v) is 3.72. The smallest absolute Gasteiger partial charge is 0.407 e. The SMILES string of the molecule is CCOC(=O)c1cc2cc(F)c(Cl)cc2n1CCNC(=O)OC(C)(C)C. The predicted molar refractivity (Wildman–Crippen MR) is 97.1 cm³/mol. The van der Waals surface area contributed by atoms with Gasteiger partial charge in [-0.15, -0.1) is 0 Å². The summed E-state index contributed by atoms with van der Waals surface area (Å²) >= 11 is 5.87. The van der Waals surface area contributed by atoms with E-state index in [2.05, 4.69) is 5.32 Å². The number of halogens is 2. The van der Waals surface area contributed by atoms with Gasteiger partial charge in [0, 0.05) is 18.5 Å². The number of benzene rings is 1. The Morgan fingerprint density at radius 1 is 1.27 bits per heavy atom. The Kier molecular flexibility index (Phi) is 6.13. The minimum Gasteiger partial charge on any atom is -0.461 e. The molecule has 0 aliphatic heterocycles. The van der Waals surface area contributed by atoms with Gasteiger partial charge in [0.05, 0.1) is 17.1 Å². The van der Waals surface area contributed by atoms with Crippen LogP contribution in [0.3, 0.4) is 0 Å². The number of amides is 1. The van der Waals surface area contributed by atoms with Crippen LogP contribution in [-0.4, -0.2) is 35.4 Å². The molecule has 1 heterocycles. The van der Waals surface area contributed by atoms with Gasteiger partial charge in [0.25, 0.3) is 0 Å². The van der Waals surface area contributed by atoms with Crippen molar-refractivity contribution < 1.29 is 23.5 Å². The van der Waals surface area contributed by atoms with Crippen LogP contribution >= 0.6 is 11.6 Å². The van der Waals surface area contributed by atoms with Gasteiger partial charge in [0.1, 0.15) is 17.1 Å². The van der Waals surface area contributed by atoms with Crippen molar-refractivity contribution in [1.29, 1.82) is 0 Å². The van der Waals surface area contributed by atoms with Crippen molar-refractivity contribution in [1.82, 2.24) is 9.88 Å². The monoisotopic (exact) mass is 384 g/mol. The van der Waals surface area contributed by atoms with Gasteiger partial charge >= 0.3 is 12.1 Å². The van der Waals surface area contributed by atoms with E-state index in [9.17, 15) is 14.0 Å². The zero-order chi connectivity index (χ0) is 19.5. The Bertz CT molecular complexity index is 827. The summed E-state index contributed by atoms with van der Waals surface area (Å²) in [5, 5.41) is 3.10. The number of rotatable bonds is 5. The number of aromatic nitrogens is 1. The van der Waals surface area contributed by atoms with E-state index in [0.29, 0.717) is 10.9 Å². The molecule has 1 aromatic heterocycles. The number of ether oxygens (including phenoxy) is 2. The first-order valence-corrected chi connectivity index (χ1v) is 8.62. The molecule has 0 saturated carbocycles. The van der Waals surface area contributed by atoms with Crippen LogP contribution in [-0.2, 0) is 16.0 Å². The molecule has 0 fully saturated rings. The lowest BCUT2D eigenvalue weighted by Crippen LogP contribution is -2.34. The van der Waals surface area contributed by atoms with Crippen molar-refractivity contribution in [3.8, 4) is 0 Å². The van der Waals surface area contributed by atoms with E-state index in [-0.39, 0.29) is 30.4 Å². The first kappa shape index (κ1) is 20.0. The van der Waals surface area contributed by atoms with Crippen LogP contribution in [0.4, 0.5) is 9.18 Å². The number of nitrogens with one attached hydrogen (secondary N) is 1. The second kappa shape index (κ2) is 7.95. The summed E-state index contributed by atoms with van der Waals surface area (Å²) < 4.78 is 25.6. The summed E-state index contributed by atoms with van der Waals surface area (Å²) in [5.41, 5.74) is 0.228. The van der Waals surface area contributed by atoms with Gasteiger partial charge in [-0.25, -0.2) is 14.0 Å². The van der Waals surface area contributed by atoms with Gasteiger partial charge in [-0.05, 0) is 45.9 Å². The van der Waals surface area contributed by atoms with E-state index < -0.39 is 23.5 Å². The number of hydrogen-bond acceptors (Lipinski definition) is 4. The quantitative estimate of drug-likeness (QED) is 0.787. The molecular weight excluding hydrogens is 363 g/mol. The molecule has 0 radical (unpaired) electrons. The molecule has 0 unspecified atom stereocenters. The third kappa shape index (κ3) is 4.88. The minimum absolute atomic E-state index is 0.0487. The number of carbonyl (C=O) groups is 2. The number of nitrogens with zero attached hydrogens (tertiary/aromatic N) is 1. The van der Waals surface area contributed by atoms with Gasteiger partial charge in [0.15, 0.2) is 0 Å².